The summed E-state index contributed by atoms with van der Waals surface area (Å²) in [5.74, 6) is 0.440. The topological polar surface area (TPSA) is 81.1 Å². The quantitative estimate of drug-likeness (QED) is 0.773. The van der Waals surface area contributed by atoms with Crippen LogP contribution in [0.5, 0.6) is 0 Å². The highest BCUT2D eigenvalue weighted by Gasteiger charge is 2.39. The first-order chi connectivity index (χ1) is 11.7. The number of carbonyl (C=O) groups is 1. The first-order valence-corrected chi connectivity index (χ1v) is 8.21. The summed E-state index contributed by atoms with van der Waals surface area (Å²) in [7, 11) is 1.60. The Morgan fingerprint density at radius 1 is 1.27 bits per heavy atom. The van der Waals surface area contributed by atoms with Crippen LogP contribution in [0.25, 0.3) is 0 Å². The number of aromatic nitrogens is 3. The van der Waals surface area contributed by atoms with Gasteiger partial charge in [-0.15, -0.1) is 24.8 Å². The van der Waals surface area contributed by atoms with Crippen LogP contribution in [-0.4, -0.2) is 46.5 Å². The number of pyridine rings is 1. The Morgan fingerprint density at radius 3 is 2.62 bits per heavy atom. The second-order valence-corrected chi connectivity index (χ2v) is 5.97. The number of nitrogens with zero attached hydrogens (tertiary/aromatic N) is 3. The lowest BCUT2D eigenvalue weighted by Gasteiger charge is -2.34. The third-order valence-electron chi connectivity index (χ3n) is 4.48. The number of rotatable bonds is 6. The van der Waals surface area contributed by atoms with Gasteiger partial charge in [0, 0.05) is 38.3 Å². The summed E-state index contributed by atoms with van der Waals surface area (Å²) >= 11 is 0. The average molecular weight is 402 g/mol. The van der Waals surface area contributed by atoms with Gasteiger partial charge in [-0.1, -0.05) is 0 Å². The van der Waals surface area contributed by atoms with E-state index in [2.05, 4.69) is 20.7 Å². The highest BCUT2D eigenvalue weighted by molar-refractivity contribution is 5.96. The molecule has 3 rings (SSSR count). The number of ether oxygens (including phenoxy) is 1. The van der Waals surface area contributed by atoms with Crippen molar-refractivity contribution in [1.82, 2.24) is 20.1 Å². The zero-order valence-corrected chi connectivity index (χ0v) is 16.3. The normalized spacial score (nSPS) is 15.4. The molecule has 9 heteroatoms. The van der Waals surface area contributed by atoms with Gasteiger partial charge in [-0.05, 0) is 50.0 Å². The second kappa shape index (κ2) is 10.5. The van der Waals surface area contributed by atoms with Crippen LogP contribution in [0.2, 0.25) is 0 Å². The Balaban J connectivity index is 0.00000169. The van der Waals surface area contributed by atoms with E-state index in [9.17, 15) is 4.79 Å². The number of anilines is 1. The van der Waals surface area contributed by atoms with Crippen molar-refractivity contribution in [1.29, 1.82) is 0 Å². The highest BCUT2D eigenvalue weighted by Crippen LogP contribution is 2.24. The van der Waals surface area contributed by atoms with Gasteiger partial charge in [-0.3, -0.25) is 14.5 Å². The zero-order chi connectivity index (χ0) is 16.8. The molecule has 144 valence electrons. The van der Waals surface area contributed by atoms with Crippen molar-refractivity contribution in [3.8, 4) is 0 Å². The molecule has 3 heterocycles. The molecule has 0 spiro atoms. The van der Waals surface area contributed by atoms with Gasteiger partial charge in [-0.25, -0.2) is 0 Å². The van der Waals surface area contributed by atoms with Gasteiger partial charge >= 0.3 is 0 Å². The number of hydrogen-bond donors (Lipinski definition) is 2. The Kier molecular flexibility index (Phi) is 9.01. The molecule has 1 fully saturated rings. The van der Waals surface area contributed by atoms with Crippen molar-refractivity contribution in [2.45, 2.75) is 31.4 Å². The van der Waals surface area contributed by atoms with E-state index in [0.717, 1.165) is 26.1 Å². The Hall–Kier alpha value is -1.67. The van der Waals surface area contributed by atoms with Crippen molar-refractivity contribution in [2.24, 2.45) is 0 Å². The summed E-state index contributed by atoms with van der Waals surface area (Å²) < 4.78 is 7.36. The van der Waals surface area contributed by atoms with E-state index < -0.39 is 5.60 Å². The molecule has 0 aliphatic carbocycles. The SMILES string of the molecule is COC1(C(=O)Nc2ccn(CCc3ccncc3)n2)CCNCC1.Cl.Cl. The summed E-state index contributed by atoms with van der Waals surface area (Å²) in [6, 6.07) is 5.80. The van der Waals surface area contributed by atoms with Crippen LogP contribution >= 0.6 is 24.8 Å². The molecule has 0 aromatic carbocycles. The molecule has 0 atom stereocenters. The molecule has 2 aromatic heterocycles. The standard InChI is InChI=1S/C17H23N5O2.2ClH/c1-24-17(6-10-19-11-7-17)16(23)20-15-5-13-22(21-15)12-4-14-2-8-18-9-3-14;;/h2-3,5,8-9,13,19H,4,6-7,10-12H2,1H3,(H,20,21,23);2*1H. The minimum absolute atomic E-state index is 0. The van der Waals surface area contributed by atoms with Gasteiger partial charge < -0.3 is 15.4 Å². The number of hydrogen-bond acceptors (Lipinski definition) is 5. The van der Waals surface area contributed by atoms with Crippen molar-refractivity contribution in [3.05, 3.63) is 42.4 Å². The summed E-state index contributed by atoms with van der Waals surface area (Å²) in [6.07, 6.45) is 7.64. The predicted octanol–water partition coefficient (Wildman–Crippen LogP) is 2.07. The van der Waals surface area contributed by atoms with Crippen molar-refractivity contribution in [3.63, 3.8) is 0 Å². The van der Waals surface area contributed by atoms with E-state index in [-0.39, 0.29) is 30.7 Å². The molecule has 0 saturated carbocycles. The number of aryl methyl sites for hydroxylation is 2. The number of methoxy groups -OCH3 is 1. The second-order valence-electron chi connectivity index (χ2n) is 5.97. The summed E-state index contributed by atoms with van der Waals surface area (Å²) in [5.41, 5.74) is 0.450. The van der Waals surface area contributed by atoms with Crippen LogP contribution < -0.4 is 10.6 Å². The highest BCUT2D eigenvalue weighted by atomic mass is 35.5. The number of amides is 1. The van der Waals surface area contributed by atoms with Crippen molar-refractivity contribution in [2.75, 3.05) is 25.5 Å². The predicted molar refractivity (Wildman–Crippen MR) is 105 cm³/mol. The summed E-state index contributed by atoms with van der Waals surface area (Å²) in [6.45, 7) is 2.31. The van der Waals surface area contributed by atoms with Crippen LogP contribution in [0.15, 0.2) is 36.8 Å². The lowest BCUT2D eigenvalue weighted by molar-refractivity contribution is -0.140. The Morgan fingerprint density at radius 2 is 1.96 bits per heavy atom. The number of carbonyl (C=O) groups excluding carboxylic acids is 1. The monoisotopic (exact) mass is 401 g/mol. The Bertz CT molecular complexity index is 675. The van der Waals surface area contributed by atoms with E-state index in [1.165, 1.54) is 5.56 Å². The summed E-state index contributed by atoms with van der Waals surface area (Å²) in [4.78, 5) is 16.6. The molecule has 1 aliphatic rings. The molecule has 7 nitrogen and oxygen atoms in total. The molecule has 2 N–H and O–H groups in total. The largest absolute Gasteiger partial charge is 0.368 e. The first kappa shape index (κ1) is 22.4. The number of halogens is 2. The minimum atomic E-state index is -0.758. The third-order valence-corrected chi connectivity index (χ3v) is 4.48. The molecule has 0 unspecified atom stereocenters. The van der Waals surface area contributed by atoms with Crippen LogP contribution in [0, 0.1) is 0 Å². The molecule has 1 amide bonds. The van der Waals surface area contributed by atoms with Crippen LogP contribution in [-0.2, 0) is 22.5 Å². The van der Waals surface area contributed by atoms with Crippen molar-refractivity contribution < 1.29 is 9.53 Å². The molecule has 2 aromatic rings. The molecular formula is C17H25Cl2N5O2. The molecule has 26 heavy (non-hydrogen) atoms. The van der Waals surface area contributed by atoms with E-state index >= 15 is 0 Å². The lowest BCUT2D eigenvalue weighted by Crippen LogP contribution is -2.51. The molecule has 1 saturated heterocycles. The van der Waals surface area contributed by atoms with Gasteiger partial charge in [0.15, 0.2) is 5.82 Å². The van der Waals surface area contributed by atoms with Gasteiger partial charge in [0.25, 0.3) is 5.91 Å². The third kappa shape index (κ3) is 5.41. The van der Waals surface area contributed by atoms with Gasteiger partial charge in [0.05, 0.1) is 0 Å². The minimum Gasteiger partial charge on any atom is -0.368 e. The lowest BCUT2D eigenvalue weighted by atomic mass is 9.91. The van der Waals surface area contributed by atoms with Crippen molar-refractivity contribution >= 4 is 36.5 Å². The number of nitrogens with one attached hydrogen (secondary N) is 2. The van der Waals surface area contributed by atoms with Gasteiger partial charge in [0.2, 0.25) is 0 Å². The fourth-order valence-electron chi connectivity index (χ4n) is 2.93. The first-order valence-electron chi connectivity index (χ1n) is 8.21. The summed E-state index contributed by atoms with van der Waals surface area (Å²) in [5, 5.41) is 10.6. The average Bonchev–Trinajstić information content (AvgIpc) is 3.09. The smallest absolute Gasteiger partial charge is 0.257 e. The molecule has 0 bridgehead atoms. The fourth-order valence-corrected chi connectivity index (χ4v) is 2.93. The maximum absolute atomic E-state index is 12.6. The maximum Gasteiger partial charge on any atom is 0.257 e. The van der Waals surface area contributed by atoms with Crippen LogP contribution in [0.3, 0.4) is 0 Å². The van der Waals surface area contributed by atoms with E-state index in [1.54, 1.807) is 19.5 Å². The maximum atomic E-state index is 12.6. The zero-order valence-electron chi connectivity index (χ0n) is 14.7. The molecule has 1 aliphatic heterocycles. The van der Waals surface area contributed by atoms with Crippen LogP contribution in [0.1, 0.15) is 18.4 Å². The Labute approximate surface area is 165 Å². The molecule has 0 radical (unpaired) electrons. The van der Waals surface area contributed by atoms with Gasteiger partial charge in [0.1, 0.15) is 5.60 Å². The molecular weight excluding hydrogens is 377 g/mol. The van der Waals surface area contributed by atoms with Crippen LogP contribution in [0.4, 0.5) is 5.82 Å². The number of piperidine rings is 1. The fraction of sp³-hybridized carbons (Fsp3) is 0.471. The van der Waals surface area contributed by atoms with E-state index in [1.807, 2.05) is 29.1 Å². The van der Waals surface area contributed by atoms with E-state index in [0.29, 0.717) is 18.7 Å². The van der Waals surface area contributed by atoms with E-state index in [4.69, 9.17) is 4.74 Å². The van der Waals surface area contributed by atoms with Gasteiger partial charge in [-0.2, -0.15) is 5.10 Å².